The Morgan fingerprint density at radius 3 is 2.68 bits per heavy atom. The van der Waals surface area contributed by atoms with E-state index in [4.69, 9.17) is 11.6 Å². The highest BCUT2D eigenvalue weighted by molar-refractivity contribution is 6.20. The molecule has 4 atom stereocenters. The summed E-state index contributed by atoms with van der Waals surface area (Å²) in [6.45, 7) is 0.806. The van der Waals surface area contributed by atoms with Gasteiger partial charge in [0.2, 0.25) is 5.91 Å². The normalized spacial score (nSPS) is 33.1. The van der Waals surface area contributed by atoms with Gasteiger partial charge in [-0.1, -0.05) is 30.3 Å². The van der Waals surface area contributed by atoms with Crippen molar-refractivity contribution in [1.29, 1.82) is 0 Å². The molecular weight excluding hydrogens is 258 g/mol. The van der Waals surface area contributed by atoms with E-state index in [-0.39, 0.29) is 11.8 Å². The molecule has 1 amide bonds. The molecule has 0 radical (unpaired) electrons. The topological polar surface area (TPSA) is 29.1 Å². The van der Waals surface area contributed by atoms with Gasteiger partial charge in [0, 0.05) is 17.8 Å². The smallest absolute Gasteiger partial charge is 0.223 e. The second-order valence-corrected chi connectivity index (χ2v) is 6.50. The maximum atomic E-state index is 12.1. The van der Waals surface area contributed by atoms with Crippen molar-refractivity contribution in [2.75, 3.05) is 6.54 Å². The van der Waals surface area contributed by atoms with Crippen LogP contribution in [0.1, 0.15) is 37.2 Å². The number of hydrogen-bond acceptors (Lipinski definition) is 1. The van der Waals surface area contributed by atoms with E-state index in [0.29, 0.717) is 17.2 Å². The predicted octanol–water partition coefficient (Wildman–Crippen LogP) is 3.31. The van der Waals surface area contributed by atoms with Gasteiger partial charge in [0.25, 0.3) is 0 Å². The van der Waals surface area contributed by atoms with E-state index in [9.17, 15) is 4.79 Å². The third-order valence-electron chi connectivity index (χ3n) is 4.40. The Morgan fingerprint density at radius 1 is 1.21 bits per heavy atom. The molecule has 3 heteroatoms. The van der Waals surface area contributed by atoms with Crippen molar-refractivity contribution < 1.29 is 4.79 Å². The summed E-state index contributed by atoms with van der Waals surface area (Å²) < 4.78 is 0. The number of rotatable bonds is 4. The van der Waals surface area contributed by atoms with Crippen LogP contribution in [-0.2, 0) is 4.79 Å². The van der Waals surface area contributed by atoms with Gasteiger partial charge in [0.05, 0.1) is 0 Å². The van der Waals surface area contributed by atoms with Crippen LogP contribution in [0.3, 0.4) is 0 Å². The van der Waals surface area contributed by atoms with Crippen molar-refractivity contribution in [3.8, 4) is 0 Å². The van der Waals surface area contributed by atoms with E-state index in [1.165, 1.54) is 5.56 Å². The lowest BCUT2D eigenvalue weighted by atomic mass is 10.1. The molecule has 0 bridgehead atoms. The van der Waals surface area contributed by atoms with Crippen LogP contribution in [0.2, 0.25) is 0 Å². The second-order valence-electron chi connectivity index (χ2n) is 5.88. The van der Waals surface area contributed by atoms with Crippen molar-refractivity contribution in [3.63, 3.8) is 0 Å². The van der Waals surface area contributed by atoms with Crippen LogP contribution in [0.25, 0.3) is 0 Å². The van der Waals surface area contributed by atoms with Crippen molar-refractivity contribution in [2.45, 2.75) is 37.0 Å². The molecule has 102 valence electrons. The third-order valence-corrected chi connectivity index (χ3v) is 4.79. The highest BCUT2D eigenvalue weighted by atomic mass is 35.5. The number of halogens is 1. The molecule has 4 unspecified atom stereocenters. The second kappa shape index (κ2) is 5.54. The fourth-order valence-corrected chi connectivity index (χ4v) is 3.51. The van der Waals surface area contributed by atoms with Crippen LogP contribution in [0.5, 0.6) is 0 Å². The van der Waals surface area contributed by atoms with E-state index in [1.54, 1.807) is 0 Å². The Balaban J connectivity index is 1.45. The molecule has 0 heterocycles. The summed E-state index contributed by atoms with van der Waals surface area (Å²) in [7, 11) is 0. The van der Waals surface area contributed by atoms with E-state index in [1.807, 2.05) is 18.2 Å². The zero-order valence-electron chi connectivity index (χ0n) is 11.0. The average molecular weight is 278 g/mol. The van der Waals surface area contributed by atoms with Crippen LogP contribution >= 0.6 is 11.6 Å². The number of amides is 1. The summed E-state index contributed by atoms with van der Waals surface area (Å²) in [6, 6.07) is 10.3. The van der Waals surface area contributed by atoms with Gasteiger partial charge in [-0.05, 0) is 43.1 Å². The molecule has 1 aromatic carbocycles. The average Bonchev–Trinajstić information content (AvgIpc) is 3.14. The standard InChI is InChI=1S/C16H20ClNO/c17-13-7-6-11(8-13)10-18-16(19)15-9-14(15)12-4-2-1-3-5-12/h1-5,11,13-15H,6-10H2,(H,18,19). The molecule has 19 heavy (non-hydrogen) atoms. The minimum atomic E-state index is 0.190. The molecule has 3 rings (SSSR count). The van der Waals surface area contributed by atoms with E-state index in [0.717, 1.165) is 32.2 Å². The summed E-state index contributed by atoms with van der Waals surface area (Å²) >= 11 is 6.09. The summed E-state index contributed by atoms with van der Waals surface area (Å²) in [5, 5.41) is 3.43. The highest BCUT2D eigenvalue weighted by Crippen LogP contribution is 2.47. The summed E-state index contributed by atoms with van der Waals surface area (Å²) in [4.78, 5) is 12.1. The lowest BCUT2D eigenvalue weighted by molar-refractivity contribution is -0.122. The Hall–Kier alpha value is -1.02. The molecule has 2 saturated carbocycles. The molecule has 2 aliphatic carbocycles. The first-order valence-electron chi connectivity index (χ1n) is 7.21. The monoisotopic (exact) mass is 277 g/mol. The molecule has 0 spiro atoms. The molecule has 0 saturated heterocycles. The van der Waals surface area contributed by atoms with E-state index in [2.05, 4.69) is 17.4 Å². The van der Waals surface area contributed by atoms with Gasteiger partial charge in [-0.2, -0.15) is 0 Å². The third kappa shape index (κ3) is 3.11. The van der Waals surface area contributed by atoms with Gasteiger partial charge in [-0.25, -0.2) is 0 Å². The van der Waals surface area contributed by atoms with Gasteiger partial charge in [0.15, 0.2) is 0 Å². The number of alkyl halides is 1. The quantitative estimate of drug-likeness (QED) is 0.841. The van der Waals surface area contributed by atoms with E-state index < -0.39 is 0 Å². The van der Waals surface area contributed by atoms with Crippen LogP contribution in [0, 0.1) is 11.8 Å². The molecule has 0 aromatic heterocycles. The SMILES string of the molecule is O=C(NCC1CCC(Cl)C1)C1CC1c1ccccc1. The van der Waals surface area contributed by atoms with E-state index >= 15 is 0 Å². The largest absolute Gasteiger partial charge is 0.356 e. The van der Waals surface area contributed by atoms with Gasteiger partial charge in [0.1, 0.15) is 0 Å². The van der Waals surface area contributed by atoms with Crippen LogP contribution in [0.15, 0.2) is 30.3 Å². The number of nitrogens with one attached hydrogen (secondary N) is 1. The van der Waals surface area contributed by atoms with Gasteiger partial charge in [-0.3, -0.25) is 4.79 Å². The summed E-state index contributed by atoms with van der Waals surface area (Å²) in [6.07, 6.45) is 4.30. The number of carbonyl (C=O) groups is 1. The lowest BCUT2D eigenvalue weighted by Gasteiger charge is -2.10. The Kier molecular flexibility index (Phi) is 3.79. The Labute approximate surface area is 119 Å². The lowest BCUT2D eigenvalue weighted by Crippen LogP contribution is -2.30. The highest BCUT2D eigenvalue weighted by Gasteiger charge is 2.43. The maximum Gasteiger partial charge on any atom is 0.223 e. The van der Waals surface area contributed by atoms with Crippen molar-refractivity contribution >= 4 is 17.5 Å². The molecular formula is C16H20ClNO. The fraction of sp³-hybridized carbons (Fsp3) is 0.562. The zero-order chi connectivity index (χ0) is 13.2. The van der Waals surface area contributed by atoms with Crippen LogP contribution < -0.4 is 5.32 Å². The molecule has 1 aromatic rings. The molecule has 2 nitrogen and oxygen atoms in total. The van der Waals surface area contributed by atoms with Crippen molar-refractivity contribution in [3.05, 3.63) is 35.9 Å². The minimum absolute atomic E-state index is 0.190. The Morgan fingerprint density at radius 2 is 2.00 bits per heavy atom. The molecule has 1 N–H and O–H groups in total. The summed E-state index contributed by atoms with van der Waals surface area (Å²) in [5.74, 6) is 1.44. The maximum absolute atomic E-state index is 12.1. The first-order valence-corrected chi connectivity index (χ1v) is 7.64. The summed E-state index contributed by atoms with van der Waals surface area (Å²) in [5.41, 5.74) is 1.30. The van der Waals surface area contributed by atoms with Gasteiger partial charge < -0.3 is 5.32 Å². The van der Waals surface area contributed by atoms with Gasteiger partial charge in [-0.15, -0.1) is 11.6 Å². The molecule has 0 aliphatic heterocycles. The van der Waals surface area contributed by atoms with Crippen LogP contribution in [-0.4, -0.2) is 17.8 Å². The minimum Gasteiger partial charge on any atom is -0.356 e. The van der Waals surface area contributed by atoms with Gasteiger partial charge >= 0.3 is 0 Å². The fourth-order valence-electron chi connectivity index (χ4n) is 3.13. The number of hydrogen-bond donors (Lipinski definition) is 1. The first-order chi connectivity index (χ1) is 9.24. The van der Waals surface area contributed by atoms with Crippen LogP contribution in [0.4, 0.5) is 0 Å². The Bertz CT molecular complexity index is 447. The predicted molar refractivity (Wildman–Crippen MR) is 77.3 cm³/mol. The molecule has 2 fully saturated rings. The number of benzene rings is 1. The van der Waals surface area contributed by atoms with Crippen molar-refractivity contribution in [2.24, 2.45) is 11.8 Å². The molecule has 2 aliphatic rings. The first kappa shape index (κ1) is 13.0. The number of carbonyl (C=O) groups excluding carboxylic acids is 1. The van der Waals surface area contributed by atoms with Crippen molar-refractivity contribution in [1.82, 2.24) is 5.32 Å². The zero-order valence-corrected chi connectivity index (χ0v) is 11.8.